The largest absolute Gasteiger partial charge is 0.478 e. The number of hydrogen-bond donors (Lipinski definition) is 1. The number of hydrogen-bond acceptors (Lipinski definition) is 7. The molecule has 13 heteroatoms. The summed E-state index contributed by atoms with van der Waals surface area (Å²) < 4.78 is 98.0. The predicted octanol–water partition coefficient (Wildman–Crippen LogP) is 3.77. The summed E-state index contributed by atoms with van der Waals surface area (Å²) in [5.41, 5.74) is -2.50. The Kier molecular flexibility index (Phi) is 10.3. The Morgan fingerprint density at radius 1 is 0.935 bits per heavy atom. The van der Waals surface area contributed by atoms with E-state index in [2.05, 4.69) is 14.2 Å². The Bertz CT molecular complexity index is 828. The first-order valence-corrected chi connectivity index (χ1v) is 10.6. The molecule has 31 heavy (non-hydrogen) atoms. The molecular formula is C18H22F5NO6S. The molecule has 7 nitrogen and oxygen atoms in total. The fraction of sp³-hybridized carbons (Fsp3) is 0.556. The summed E-state index contributed by atoms with van der Waals surface area (Å²) in [6, 6.07) is 5.57. The number of ether oxygens (including phenoxy) is 1. The van der Waals surface area contributed by atoms with E-state index in [9.17, 15) is 35.2 Å². The van der Waals surface area contributed by atoms with Crippen molar-refractivity contribution in [2.45, 2.75) is 50.0 Å². The minimum absolute atomic E-state index is 0.0586. The van der Waals surface area contributed by atoms with Crippen molar-refractivity contribution in [2.75, 3.05) is 13.2 Å². The van der Waals surface area contributed by atoms with E-state index in [0.717, 1.165) is 25.0 Å². The number of halogens is 5. The summed E-state index contributed by atoms with van der Waals surface area (Å²) in [4.78, 5) is 11.5. The summed E-state index contributed by atoms with van der Waals surface area (Å²) >= 11 is 0. The number of esters is 1. The second-order valence-corrected chi connectivity index (χ2v) is 7.90. The normalized spacial score (nSPS) is 13.2. The van der Waals surface area contributed by atoms with Crippen LogP contribution in [0.5, 0.6) is 0 Å². The van der Waals surface area contributed by atoms with Crippen molar-refractivity contribution in [1.82, 2.24) is 0 Å². The molecule has 1 aromatic rings. The number of aliphatic hydroxyl groups is 1. The molecule has 0 saturated carbocycles. The second-order valence-electron chi connectivity index (χ2n) is 6.33. The van der Waals surface area contributed by atoms with Crippen molar-refractivity contribution in [3.63, 3.8) is 0 Å². The summed E-state index contributed by atoms with van der Waals surface area (Å²) in [5, 5.41) is 5.69. The van der Waals surface area contributed by atoms with Gasteiger partial charge in [0.25, 0.3) is 0 Å². The number of alkyl halides is 5. The van der Waals surface area contributed by atoms with Gasteiger partial charge in [0.15, 0.2) is 5.71 Å². The number of nitrogens with zero attached hydrogens (tertiary/aromatic N) is 1. The average molecular weight is 475 g/mol. The lowest BCUT2D eigenvalue weighted by atomic mass is 10.1. The Balaban J connectivity index is 2.73. The first-order chi connectivity index (χ1) is 14.4. The topological polar surface area (TPSA) is 102 Å². The number of aliphatic hydroxyl groups excluding tert-OH is 1. The fourth-order valence-corrected chi connectivity index (χ4v) is 2.80. The SMILES string of the molecule is O=C(OCCCCCCCCO)C(F)(F)S(=O)(=O)ON=C(c1ccccc1)C(F)(F)F. The number of unbranched alkanes of at least 4 members (excludes halogenated alkanes) is 5. The van der Waals surface area contributed by atoms with Crippen LogP contribution >= 0.6 is 0 Å². The van der Waals surface area contributed by atoms with Crippen molar-refractivity contribution >= 4 is 21.8 Å². The smallest absolute Gasteiger partial charge is 0.460 e. The highest BCUT2D eigenvalue weighted by Gasteiger charge is 2.57. The van der Waals surface area contributed by atoms with Crippen LogP contribution in [0.25, 0.3) is 0 Å². The number of rotatable bonds is 13. The third-order valence-electron chi connectivity index (χ3n) is 3.88. The van der Waals surface area contributed by atoms with Crippen molar-refractivity contribution in [2.24, 2.45) is 5.16 Å². The van der Waals surface area contributed by atoms with E-state index in [4.69, 9.17) is 5.11 Å². The average Bonchev–Trinajstić information content (AvgIpc) is 2.69. The quantitative estimate of drug-likeness (QED) is 0.153. The van der Waals surface area contributed by atoms with Crippen LogP contribution in [-0.4, -0.2) is 49.8 Å². The van der Waals surface area contributed by atoms with E-state index in [1.807, 2.05) is 0 Å². The molecule has 0 spiro atoms. The van der Waals surface area contributed by atoms with Gasteiger partial charge in [-0.05, 0) is 12.8 Å². The fourth-order valence-electron chi connectivity index (χ4n) is 2.27. The maximum atomic E-state index is 13.9. The lowest BCUT2D eigenvalue weighted by Crippen LogP contribution is -2.40. The van der Waals surface area contributed by atoms with Gasteiger partial charge >= 0.3 is 27.5 Å². The molecule has 0 aromatic heterocycles. The monoisotopic (exact) mass is 475 g/mol. The van der Waals surface area contributed by atoms with Gasteiger partial charge in [0, 0.05) is 12.2 Å². The van der Waals surface area contributed by atoms with Gasteiger partial charge in [-0.1, -0.05) is 61.2 Å². The number of benzene rings is 1. The zero-order chi connectivity index (χ0) is 23.5. The Hall–Kier alpha value is -2.28. The van der Waals surface area contributed by atoms with Crippen LogP contribution in [0.15, 0.2) is 35.5 Å². The maximum Gasteiger partial charge on any atom is 0.478 e. The molecule has 1 N–H and O–H groups in total. The Morgan fingerprint density at radius 2 is 1.48 bits per heavy atom. The standard InChI is InChI=1S/C18H22F5NO6S/c19-17(20,21)15(14-10-6-5-7-11-14)24-30-31(27,28)18(22,23)16(26)29-13-9-4-2-1-3-8-12-25/h5-7,10-11,25H,1-4,8-9,12-13H2. The molecule has 0 aliphatic rings. The van der Waals surface area contributed by atoms with Crippen LogP contribution in [0.4, 0.5) is 22.0 Å². The summed E-state index contributed by atoms with van der Waals surface area (Å²) in [6.45, 7) is -0.450. The molecular weight excluding hydrogens is 453 g/mol. The maximum absolute atomic E-state index is 13.9. The van der Waals surface area contributed by atoms with Gasteiger partial charge in [0.2, 0.25) is 0 Å². The van der Waals surface area contributed by atoms with Crippen LogP contribution in [0.1, 0.15) is 44.1 Å². The molecule has 0 unspecified atom stereocenters. The minimum atomic E-state index is -6.20. The van der Waals surface area contributed by atoms with Crippen molar-refractivity contribution in [3.05, 3.63) is 35.9 Å². The van der Waals surface area contributed by atoms with Gasteiger partial charge in [0.05, 0.1) is 6.61 Å². The molecule has 1 rings (SSSR count). The van der Waals surface area contributed by atoms with Crippen LogP contribution in [-0.2, 0) is 23.9 Å². The molecule has 0 radical (unpaired) electrons. The lowest BCUT2D eigenvalue weighted by molar-refractivity contribution is -0.161. The molecule has 0 atom stereocenters. The van der Waals surface area contributed by atoms with Crippen LogP contribution in [0.3, 0.4) is 0 Å². The molecule has 0 aliphatic heterocycles. The second kappa shape index (κ2) is 11.9. The summed E-state index contributed by atoms with van der Waals surface area (Å²) in [6.07, 6.45) is -1.69. The van der Waals surface area contributed by atoms with Gasteiger partial charge in [-0.15, -0.1) is 0 Å². The first-order valence-electron chi connectivity index (χ1n) is 9.23. The molecule has 0 amide bonds. The summed E-state index contributed by atoms with van der Waals surface area (Å²) in [5.74, 6) is -2.48. The van der Waals surface area contributed by atoms with Crippen LogP contribution in [0.2, 0.25) is 0 Å². The molecule has 0 bridgehead atoms. The zero-order valence-electron chi connectivity index (χ0n) is 16.3. The number of carbonyl (C=O) groups excluding carboxylic acids is 1. The highest BCUT2D eigenvalue weighted by molar-refractivity contribution is 7.88. The predicted molar refractivity (Wildman–Crippen MR) is 99.7 cm³/mol. The zero-order valence-corrected chi connectivity index (χ0v) is 17.1. The molecule has 0 fully saturated rings. The van der Waals surface area contributed by atoms with E-state index in [0.29, 0.717) is 19.3 Å². The summed E-state index contributed by atoms with van der Waals surface area (Å²) in [7, 11) is -6.20. The Morgan fingerprint density at radius 3 is 2.03 bits per heavy atom. The highest BCUT2D eigenvalue weighted by Crippen LogP contribution is 2.28. The van der Waals surface area contributed by atoms with Crippen LogP contribution in [0, 0.1) is 0 Å². The number of oxime groups is 1. The minimum Gasteiger partial charge on any atom is -0.460 e. The van der Waals surface area contributed by atoms with E-state index < -0.39 is 45.4 Å². The van der Waals surface area contributed by atoms with E-state index in [-0.39, 0.29) is 13.0 Å². The van der Waals surface area contributed by atoms with Crippen molar-refractivity contribution < 1.29 is 49.3 Å². The van der Waals surface area contributed by atoms with Gasteiger partial charge in [-0.3, -0.25) is 4.28 Å². The molecule has 176 valence electrons. The van der Waals surface area contributed by atoms with Gasteiger partial charge < -0.3 is 9.84 Å². The molecule has 1 aromatic carbocycles. The third kappa shape index (κ3) is 8.40. The van der Waals surface area contributed by atoms with Crippen molar-refractivity contribution in [3.8, 4) is 0 Å². The molecule has 0 aliphatic carbocycles. The van der Waals surface area contributed by atoms with Crippen LogP contribution < -0.4 is 0 Å². The first kappa shape index (κ1) is 26.8. The molecule has 0 heterocycles. The third-order valence-corrected chi connectivity index (χ3v) is 4.95. The van der Waals surface area contributed by atoms with E-state index >= 15 is 0 Å². The Labute approximate surface area is 176 Å². The van der Waals surface area contributed by atoms with Crippen molar-refractivity contribution in [1.29, 1.82) is 0 Å². The van der Waals surface area contributed by atoms with Gasteiger partial charge in [0.1, 0.15) is 0 Å². The highest BCUT2D eigenvalue weighted by atomic mass is 32.2. The van der Waals surface area contributed by atoms with Gasteiger partial charge in [-0.2, -0.15) is 30.4 Å². The van der Waals surface area contributed by atoms with E-state index in [1.54, 1.807) is 0 Å². The van der Waals surface area contributed by atoms with E-state index in [1.165, 1.54) is 18.2 Å². The van der Waals surface area contributed by atoms with Gasteiger partial charge in [-0.25, -0.2) is 4.79 Å². The lowest BCUT2D eigenvalue weighted by Gasteiger charge is -2.15. The molecule has 0 saturated heterocycles. The number of carbonyl (C=O) groups is 1.